The first-order valence-corrected chi connectivity index (χ1v) is 5.80. The van der Waals surface area contributed by atoms with Gasteiger partial charge in [-0.3, -0.25) is 0 Å². The molecule has 80 valence electrons. The Morgan fingerprint density at radius 1 is 1.31 bits per heavy atom. The highest BCUT2D eigenvalue weighted by atomic mass is 35.5. The molecule has 0 aliphatic heterocycles. The van der Waals surface area contributed by atoms with Crippen molar-refractivity contribution >= 4 is 22.9 Å². The topological polar surface area (TPSA) is 20.2 Å². The minimum atomic E-state index is -0.511. The zero-order valence-electron chi connectivity index (χ0n) is 8.67. The molecule has 0 aliphatic carbocycles. The van der Waals surface area contributed by atoms with Gasteiger partial charge in [0.1, 0.15) is 5.38 Å². The van der Waals surface area contributed by atoms with E-state index in [0.717, 1.165) is 9.75 Å². The van der Waals surface area contributed by atoms with E-state index in [9.17, 15) is 0 Å². The van der Waals surface area contributed by atoms with Crippen molar-refractivity contribution in [1.29, 1.82) is 0 Å². The molecular weight excluding hydrogens is 240 g/mol. The Morgan fingerprint density at radius 3 is 2.62 bits per heavy atom. The van der Waals surface area contributed by atoms with E-state index in [2.05, 4.69) is 35.5 Å². The van der Waals surface area contributed by atoms with Crippen LogP contribution in [0, 0.1) is 35.5 Å². The van der Waals surface area contributed by atoms with Gasteiger partial charge in [0.2, 0.25) is 0 Å². The van der Waals surface area contributed by atoms with Crippen molar-refractivity contribution in [2.45, 2.75) is 12.3 Å². The molecule has 0 amide bonds. The van der Waals surface area contributed by atoms with Crippen LogP contribution in [0.2, 0.25) is 0 Å². The van der Waals surface area contributed by atoms with Crippen LogP contribution in [-0.4, -0.2) is 17.1 Å². The van der Waals surface area contributed by atoms with Gasteiger partial charge in [0.05, 0.1) is 16.4 Å². The molecule has 0 saturated heterocycles. The lowest BCUT2D eigenvalue weighted by atomic mass is 10.4. The molecule has 1 atom stereocenters. The maximum atomic E-state index is 8.69. The number of halogens is 1. The smallest absolute Gasteiger partial charge is 0.118 e. The number of hydrogen-bond acceptors (Lipinski definition) is 2. The van der Waals surface area contributed by atoms with Gasteiger partial charge in [0, 0.05) is 0 Å². The number of rotatable bonds is 1. The molecule has 1 aromatic heterocycles. The third kappa shape index (κ3) is 4.43. The van der Waals surface area contributed by atoms with Crippen molar-refractivity contribution in [3.63, 3.8) is 0 Å². The van der Waals surface area contributed by atoms with Crippen LogP contribution in [0.4, 0.5) is 0 Å². The second-order valence-electron chi connectivity index (χ2n) is 2.71. The summed E-state index contributed by atoms with van der Waals surface area (Å²) >= 11 is 7.14. The summed E-state index contributed by atoms with van der Waals surface area (Å²) in [7, 11) is 0. The molecule has 1 N–H and O–H groups in total. The second-order valence-corrected chi connectivity index (χ2v) is 4.32. The molecule has 3 heteroatoms. The summed E-state index contributed by atoms with van der Waals surface area (Å²) in [6.07, 6.45) is 0. The molecule has 0 fully saturated rings. The maximum Gasteiger partial charge on any atom is 0.118 e. The first-order valence-electron chi connectivity index (χ1n) is 4.55. The molecule has 0 bridgehead atoms. The highest BCUT2D eigenvalue weighted by molar-refractivity contribution is 7.13. The van der Waals surface area contributed by atoms with Gasteiger partial charge >= 0.3 is 0 Å². The van der Waals surface area contributed by atoms with Crippen LogP contribution in [0.25, 0.3) is 0 Å². The predicted octanol–water partition coefficient (Wildman–Crippen LogP) is 2.07. The number of alkyl halides is 1. The SMILES string of the molecule is CC#CC#Cc1ccc(C#C[C@H](Cl)CO)s1. The van der Waals surface area contributed by atoms with Gasteiger partial charge in [0.15, 0.2) is 0 Å². The van der Waals surface area contributed by atoms with Crippen molar-refractivity contribution in [3.8, 4) is 35.5 Å². The monoisotopic (exact) mass is 248 g/mol. The molecule has 0 aromatic carbocycles. The average Bonchev–Trinajstić information content (AvgIpc) is 2.74. The van der Waals surface area contributed by atoms with Gasteiger partial charge in [0.25, 0.3) is 0 Å². The fraction of sp³-hybridized carbons (Fsp3) is 0.231. The van der Waals surface area contributed by atoms with E-state index in [4.69, 9.17) is 16.7 Å². The van der Waals surface area contributed by atoms with Crippen LogP contribution in [0.3, 0.4) is 0 Å². The first kappa shape index (κ1) is 12.7. The van der Waals surface area contributed by atoms with Crippen molar-refractivity contribution in [1.82, 2.24) is 0 Å². The summed E-state index contributed by atoms with van der Waals surface area (Å²) in [6, 6.07) is 3.77. The van der Waals surface area contributed by atoms with E-state index in [1.807, 2.05) is 12.1 Å². The minimum Gasteiger partial charge on any atom is -0.394 e. The fourth-order valence-corrected chi connectivity index (χ4v) is 1.60. The maximum absolute atomic E-state index is 8.69. The molecule has 0 aliphatic rings. The van der Waals surface area contributed by atoms with Gasteiger partial charge in [-0.2, -0.15) is 0 Å². The van der Waals surface area contributed by atoms with Gasteiger partial charge in [-0.1, -0.05) is 17.8 Å². The van der Waals surface area contributed by atoms with Crippen LogP contribution in [0.15, 0.2) is 12.1 Å². The van der Waals surface area contributed by atoms with E-state index in [1.54, 1.807) is 6.92 Å². The van der Waals surface area contributed by atoms with E-state index < -0.39 is 5.38 Å². The van der Waals surface area contributed by atoms with E-state index >= 15 is 0 Å². The zero-order valence-corrected chi connectivity index (χ0v) is 10.2. The lowest BCUT2D eigenvalue weighted by molar-refractivity contribution is 0.307. The molecule has 16 heavy (non-hydrogen) atoms. The molecular formula is C13H9ClOS. The third-order valence-corrected chi connectivity index (χ3v) is 2.65. The second kappa shape index (κ2) is 7.00. The van der Waals surface area contributed by atoms with Crippen LogP contribution in [-0.2, 0) is 0 Å². The molecule has 0 radical (unpaired) electrons. The van der Waals surface area contributed by atoms with Crippen molar-refractivity contribution in [3.05, 3.63) is 21.9 Å². The average molecular weight is 249 g/mol. The lowest BCUT2D eigenvalue weighted by Crippen LogP contribution is -1.99. The number of hydrogen-bond donors (Lipinski definition) is 1. The van der Waals surface area contributed by atoms with E-state index in [-0.39, 0.29) is 6.61 Å². The Bertz CT molecular complexity index is 525. The standard InChI is InChI=1S/C13H9ClOS/c1-2-3-4-5-12-8-9-13(16-12)7-6-11(14)10-15/h8-9,11,15H,10H2,1H3/t11-/m0/s1. The number of aliphatic hydroxyl groups excluding tert-OH is 1. The predicted molar refractivity (Wildman–Crippen MR) is 68.3 cm³/mol. The van der Waals surface area contributed by atoms with Crippen molar-refractivity contribution < 1.29 is 5.11 Å². The molecule has 1 nitrogen and oxygen atoms in total. The van der Waals surface area contributed by atoms with Crippen molar-refractivity contribution in [2.75, 3.05) is 6.61 Å². The number of aliphatic hydroxyl groups is 1. The van der Waals surface area contributed by atoms with Gasteiger partial charge in [-0.15, -0.1) is 22.9 Å². The Labute approximate surface area is 104 Å². The molecule has 0 unspecified atom stereocenters. The Morgan fingerprint density at radius 2 is 2.00 bits per heavy atom. The lowest BCUT2D eigenvalue weighted by Gasteiger charge is -1.89. The third-order valence-electron chi connectivity index (χ3n) is 1.49. The molecule has 1 heterocycles. The summed E-state index contributed by atoms with van der Waals surface area (Å²) in [5.41, 5.74) is 0. The quantitative estimate of drug-likeness (QED) is 0.596. The van der Waals surface area contributed by atoms with Gasteiger partial charge < -0.3 is 5.11 Å². The fourth-order valence-electron chi connectivity index (χ4n) is 0.823. The first-order chi connectivity index (χ1) is 7.76. The highest BCUT2D eigenvalue weighted by Crippen LogP contribution is 2.13. The normalized spacial score (nSPS) is 9.94. The summed E-state index contributed by atoms with van der Waals surface area (Å²) in [5, 5.41) is 8.18. The minimum absolute atomic E-state index is 0.140. The Kier molecular flexibility index (Phi) is 5.55. The molecule has 0 spiro atoms. The summed E-state index contributed by atoms with van der Waals surface area (Å²) in [5.74, 6) is 16.6. The molecule has 0 saturated carbocycles. The van der Waals surface area contributed by atoms with Crippen LogP contribution in [0.5, 0.6) is 0 Å². The molecule has 1 aromatic rings. The van der Waals surface area contributed by atoms with E-state index in [0.29, 0.717) is 0 Å². The van der Waals surface area contributed by atoms with Gasteiger partial charge in [-0.05, 0) is 36.8 Å². The van der Waals surface area contributed by atoms with Crippen LogP contribution in [0.1, 0.15) is 16.7 Å². The van der Waals surface area contributed by atoms with Crippen LogP contribution >= 0.6 is 22.9 Å². The zero-order chi connectivity index (χ0) is 11.8. The highest BCUT2D eigenvalue weighted by Gasteiger charge is 1.96. The summed E-state index contributed by atoms with van der Waals surface area (Å²) in [4.78, 5) is 1.80. The molecule has 1 rings (SSSR count). The van der Waals surface area contributed by atoms with Crippen LogP contribution < -0.4 is 0 Å². The van der Waals surface area contributed by atoms with E-state index in [1.165, 1.54) is 11.3 Å². The van der Waals surface area contributed by atoms with Gasteiger partial charge in [-0.25, -0.2) is 0 Å². The number of thiophene rings is 1. The largest absolute Gasteiger partial charge is 0.394 e. The van der Waals surface area contributed by atoms with Crippen molar-refractivity contribution in [2.24, 2.45) is 0 Å². The Hall–Kier alpha value is -1.37. The summed E-state index contributed by atoms with van der Waals surface area (Å²) in [6.45, 7) is 1.61. The Balaban J connectivity index is 2.74. The summed E-state index contributed by atoms with van der Waals surface area (Å²) < 4.78 is 0.